The van der Waals surface area contributed by atoms with E-state index in [4.69, 9.17) is 0 Å². The normalized spacial score (nSPS) is 19.2. The quantitative estimate of drug-likeness (QED) is 0.643. The maximum atomic E-state index is 12.4. The SMILES string of the molecule is CCC(NC(=O)c1cccc(C)c1[N+](=O)[O-])C1CCCN1. The topological polar surface area (TPSA) is 84.3 Å². The van der Waals surface area contributed by atoms with Crippen molar-refractivity contribution in [2.75, 3.05) is 6.54 Å². The van der Waals surface area contributed by atoms with Gasteiger partial charge in [-0.05, 0) is 38.8 Å². The molecule has 0 spiro atoms. The van der Waals surface area contributed by atoms with E-state index in [0.29, 0.717) is 5.56 Å². The standard InChI is InChI=1S/C15H21N3O3/c1-3-12(13-8-5-9-16-13)17-15(19)11-7-4-6-10(2)14(11)18(20)21/h4,6-7,12-13,16H,3,5,8-9H2,1-2H3,(H,17,19). The summed E-state index contributed by atoms with van der Waals surface area (Å²) in [5.41, 5.74) is 0.528. The van der Waals surface area contributed by atoms with Crippen LogP contribution in [0.4, 0.5) is 5.69 Å². The fraction of sp³-hybridized carbons (Fsp3) is 0.533. The molecular formula is C15H21N3O3. The summed E-state index contributed by atoms with van der Waals surface area (Å²) in [6.45, 7) is 4.61. The lowest BCUT2D eigenvalue weighted by Gasteiger charge is -2.23. The summed E-state index contributed by atoms with van der Waals surface area (Å²) in [5.74, 6) is -0.369. The van der Waals surface area contributed by atoms with E-state index in [-0.39, 0.29) is 29.2 Å². The van der Waals surface area contributed by atoms with Crippen molar-refractivity contribution in [3.8, 4) is 0 Å². The smallest absolute Gasteiger partial charge is 0.285 e. The lowest BCUT2D eigenvalue weighted by atomic mass is 10.0. The van der Waals surface area contributed by atoms with Gasteiger partial charge in [-0.25, -0.2) is 0 Å². The monoisotopic (exact) mass is 291 g/mol. The Kier molecular flexibility index (Phi) is 4.90. The second-order valence-electron chi connectivity index (χ2n) is 5.42. The van der Waals surface area contributed by atoms with Crippen molar-refractivity contribution in [3.63, 3.8) is 0 Å². The predicted molar refractivity (Wildman–Crippen MR) is 80.4 cm³/mol. The molecule has 2 atom stereocenters. The van der Waals surface area contributed by atoms with Gasteiger partial charge in [-0.1, -0.05) is 19.1 Å². The summed E-state index contributed by atoms with van der Waals surface area (Å²) in [7, 11) is 0. The molecule has 0 saturated carbocycles. The fourth-order valence-electron chi connectivity index (χ4n) is 2.87. The molecule has 0 radical (unpaired) electrons. The van der Waals surface area contributed by atoms with Crippen LogP contribution in [0.25, 0.3) is 0 Å². The van der Waals surface area contributed by atoms with Gasteiger partial charge < -0.3 is 10.6 Å². The number of nitro benzene ring substituents is 1. The third kappa shape index (κ3) is 3.39. The van der Waals surface area contributed by atoms with Gasteiger partial charge in [0, 0.05) is 17.6 Å². The number of amides is 1. The van der Waals surface area contributed by atoms with Crippen LogP contribution in [0.5, 0.6) is 0 Å². The summed E-state index contributed by atoms with van der Waals surface area (Å²) in [6.07, 6.45) is 2.92. The van der Waals surface area contributed by atoms with Crippen LogP contribution in [0.3, 0.4) is 0 Å². The number of para-hydroxylation sites is 1. The second kappa shape index (κ2) is 6.67. The molecule has 0 aliphatic carbocycles. The van der Waals surface area contributed by atoms with Crippen molar-refractivity contribution < 1.29 is 9.72 Å². The van der Waals surface area contributed by atoms with Gasteiger partial charge >= 0.3 is 0 Å². The van der Waals surface area contributed by atoms with E-state index in [1.807, 2.05) is 6.92 Å². The van der Waals surface area contributed by atoms with Gasteiger partial charge in [0.15, 0.2) is 0 Å². The lowest BCUT2D eigenvalue weighted by Crippen LogP contribution is -2.47. The number of hydrogen-bond acceptors (Lipinski definition) is 4. The molecular weight excluding hydrogens is 270 g/mol. The summed E-state index contributed by atoms with van der Waals surface area (Å²) in [5, 5.41) is 17.5. The summed E-state index contributed by atoms with van der Waals surface area (Å²) < 4.78 is 0. The van der Waals surface area contributed by atoms with Crippen LogP contribution in [-0.4, -0.2) is 29.5 Å². The number of nitro groups is 1. The Morgan fingerprint density at radius 1 is 1.57 bits per heavy atom. The van der Waals surface area contributed by atoms with Crippen molar-refractivity contribution in [1.29, 1.82) is 0 Å². The van der Waals surface area contributed by atoms with Gasteiger partial charge in [0.25, 0.3) is 11.6 Å². The van der Waals surface area contributed by atoms with Crippen LogP contribution >= 0.6 is 0 Å². The van der Waals surface area contributed by atoms with E-state index in [9.17, 15) is 14.9 Å². The van der Waals surface area contributed by atoms with Crippen LogP contribution in [0, 0.1) is 17.0 Å². The first-order valence-corrected chi connectivity index (χ1v) is 7.32. The van der Waals surface area contributed by atoms with Crippen molar-refractivity contribution in [3.05, 3.63) is 39.4 Å². The predicted octanol–water partition coefficient (Wildman–Crippen LogP) is 2.16. The Bertz CT molecular complexity index is 539. The average Bonchev–Trinajstić information content (AvgIpc) is 2.97. The van der Waals surface area contributed by atoms with Crippen LogP contribution in [-0.2, 0) is 0 Å². The molecule has 6 nitrogen and oxygen atoms in total. The highest BCUT2D eigenvalue weighted by Gasteiger charge is 2.28. The number of benzene rings is 1. The lowest BCUT2D eigenvalue weighted by molar-refractivity contribution is -0.385. The maximum Gasteiger partial charge on any atom is 0.285 e. The highest BCUT2D eigenvalue weighted by atomic mass is 16.6. The van der Waals surface area contributed by atoms with Crippen molar-refractivity contribution >= 4 is 11.6 Å². The molecule has 1 saturated heterocycles. The highest BCUT2D eigenvalue weighted by molar-refractivity contribution is 5.98. The zero-order chi connectivity index (χ0) is 15.4. The first-order chi connectivity index (χ1) is 10.0. The van der Waals surface area contributed by atoms with Gasteiger partial charge in [0.1, 0.15) is 5.56 Å². The molecule has 6 heteroatoms. The van der Waals surface area contributed by atoms with Gasteiger partial charge in [-0.2, -0.15) is 0 Å². The van der Waals surface area contributed by atoms with Crippen molar-refractivity contribution in [2.24, 2.45) is 0 Å². The van der Waals surface area contributed by atoms with E-state index < -0.39 is 4.92 Å². The molecule has 1 aromatic carbocycles. The molecule has 1 heterocycles. The molecule has 0 aromatic heterocycles. The largest absolute Gasteiger partial charge is 0.348 e. The molecule has 1 aromatic rings. The summed E-state index contributed by atoms with van der Waals surface area (Å²) in [6, 6.07) is 5.08. The molecule has 2 unspecified atom stereocenters. The molecule has 21 heavy (non-hydrogen) atoms. The number of carbonyl (C=O) groups excluding carboxylic acids is 1. The number of nitrogens with one attached hydrogen (secondary N) is 2. The molecule has 1 aliphatic rings. The Balaban J connectivity index is 2.19. The van der Waals surface area contributed by atoms with E-state index in [2.05, 4.69) is 10.6 Å². The second-order valence-corrected chi connectivity index (χ2v) is 5.42. The molecule has 114 valence electrons. The van der Waals surface area contributed by atoms with Crippen LogP contribution in [0.15, 0.2) is 18.2 Å². The number of carbonyl (C=O) groups is 1. The Hall–Kier alpha value is -1.95. The first kappa shape index (κ1) is 15.4. The molecule has 1 aliphatic heterocycles. The third-order valence-electron chi connectivity index (χ3n) is 4.01. The molecule has 1 fully saturated rings. The van der Waals surface area contributed by atoms with Crippen molar-refractivity contribution in [2.45, 2.75) is 45.2 Å². The van der Waals surface area contributed by atoms with E-state index in [0.717, 1.165) is 25.8 Å². The molecule has 0 bridgehead atoms. The first-order valence-electron chi connectivity index (χ1n) is 7.32. The minimum atomic E-state index is -0.487. The minimum Gasteiger partial charge on any atom is -0.348 e. The zero-order valence-corrected chi connectivity index (χ0v) is 12.4. The Morgan fingerprint density at radius 2 is 2.33 bits per heavy atom. The van der Waals surface area contributed by atoms with Gasteiger partial charge in [-0.3, -0.25) is 14.9 Å². The third-order valence-corrected chi connectivity index (χ3v) is 4.01. The van der Waals surface area contributed by atoms with Crippen LogP contribution < -0.4 is 10.6 Å². The van der Waals surface area contributed by atoms with E-state index in [1.54, 1.807) is 19.1 Å². The highest BCUT2D eigenvalue weighted by Crippen LogP contribution is 2.23. The molecule has 2 N–H and O–H groups in total. The fourth-order valence-corrected chi connectivity index (χ4v) is 2.87. The van der Waals surface area contributed by atoms with Crippen LogP contribution in [0.1, 0.15) is 42.1 Å². The molecule has 1 amide bonds. The van der Waals surface area contributed by atoms with E-state index >= 15 is 0 Å². The molecule has 2 rings (SSSR count). The average molecular weight is 291 g/mol. The Morgan fingerprint density at radius 3 is 2.90 bits per heavy atom. The number of aryl methyl sites for hydroxylation is 1. The van der Waals surface area contributed by atoms with Crippen LogP contribution in [0.2, 0.25) is 0 Å². The zero-order valence-electron chi connectivity index (χ0n) is 12.4. The maximum absolute atomic E-state index is 12.4. The number of rotatable bonds is 5. The van der Waals surface area contributed by atoms with Gasteiger partial charge in [0.2, 0.25) is 0 Å². The minimum absolute atomic E-state index is 0.000108. The van der Waals surface area contributed by atoms with Gasteiger partial charge in [0.05, 0.1) is 4.92 Å². The van der Waals surface area contributed by atoms with Gasteiger partial charge in [-0.15, -0.1) is 0 Å². The van der Waals surface area contributed by atoms with E-state index in [1.165, 1.54) is 6.07 Å². The summed E-state index contributed by atoms with van der Waals surface area (Å²) >= 11 is 0. The summed E-state index contributed by atoms with van der Waals surface area (Å²) in [4.78, 5) is 23.1. The van der Waals surface area contributed by atoms with Crippen molar-refractivity contribution in [1.82, 2.24) is 10.6 Å². The Labute approximate surface area is 124 Å². The number of hydrogen-bond donors (Lipinski definition) is 2. The number of nitrogens with zero attached hydrogens (tertiary/aromatic N) is 1.